The number of rotatable bonds is 9. The largest absolute Gasteiger partial charge is 0.383 e. The molecule has 152 valence electrons. The second-order valence-corrected chi connectivity index (χ2v) is 9.61. The Balaban J connectivity index is 2.01. The summed E-state index contributed by atoms with van der Waals surface area (Å²) in [7, 11) is -2.19. The first-order valence-corrected chi connectivity index (χ1v) is 11.3. The Hall–Kier alpha value is -1.00. The first-order chi connectivity index (χ1) is 12.7. The van der Waals surface area contributed by atoms with Gasteiger partial charge in [0.1, 0.15) is 0 Å². The van der Waals surface area contributed by atoms with Gasteiger partial charge in [0.15, 0.2) is 0 Å². The monoisotopic (exact) mass is 461 g/mol. The van der Waals surface area contributed by atoms with Gasteiger partial charge in [-0.1, -0.05) is 0 Å². The van der Waals surface area contributed by atoms with Crippen LogP contribution in [0.25, 0.3) is 0 Å². The molecule has 9 heteroatoms. The van der Waals surface area contributed by atoms with Crippen LogP contribution in [0, 0.1) is 5.92 Å². The van der Waals surface area contributed by atoms with Crippen LogP contribution in [0.5, 0.6) is 0 Å². The molecule has 0 saturated carbocycles. The van der Waals surface area contributed by atoms with Crippen LogP contribution in [0.2, 0.25) is 0 Å². The molecule has 1 aromatic carbocycles. The van der Waals surface area contributed by atoms with E-state index in [9.17, 15) is 13.2 Å². The number of halogens is 1. The average Bonchev–Trinajstić information content (AvgIpc) is 3.09. The molecule has 2 N–H and O–H groups in total. The molecule has 1 unspecified atom stereocenters. The molecule has 1 aromatic rings. The van der Waals surface area contributed by atoms with Crippen LogP contribution in [-0.2, 0) is 14.8 Å². The standard InChI is InChI=1S/C18H28BrN3O4S/c1-13(2)22-8-6-14(12-22)11-20-18(23)16-10-15(4-5-17(16)19)27(24,25)21-7-9-26-3/h4-5,10,13-14,21H,6-9,11-12H2,1-3H3,(H,20,23). The Labute approximate surface area is 170 Å². The minimum atomic E-state index is -3.69. The topological polar surface area (TPSA) is 87.7 Å². The van der Waals surface area contributed by atoms with Crippen molar-refractivity contribution in [2.75, 3.05) is 39.9 Å². The smallest absolute Gasteiger partial charge is 0.252 e. The molecule has 0 radical (unpaired) electrons. The highest BCUT2D eigenvalue weighted by Crippen LogP contribution is 2.22. The number of amides is 1. The quantitative estimate of drug-likeness (QED) is 0.547. The second kappa shape index (κ2) is 9.97. The fourth-order valence-electron chi connectivity index (χ4n) is 3.04. The number of hydrogen-bond donors (Lipinski definition) is 2. The molecular weight excluding hydrogens is 434 g/mol. The van der Waals surface area contributed by atoms with E-state index in [1.54, 1.807) is 6.07 Å². The van der Waals surface area contributed by atoms with Gasteiger partial charge < -0.3 is 15.0 Å². The minimum absolute atomic E-state index is 0.0544. The highest BCUT2D eigenvalue weighted by molar-refractivity contribution is 9.10. The van der Waals surface area contributed by atoms with E-state index < -0.39 is 10.0 Å². The first kappa shape index (κ1) is 22.3. The summed E-state index contributed by atoms with van der Waals surface area (Å²) in [4.78, 5) is 15.0. The molecule has 1 saturated heterocycles. The number of likely N-dealkylation sites (tertiary alicyclic amines) is 1. The number of ether oxygens (including phenoxy) is 1. The maximum absolute atomic E-state index is 12.6. The van der Waals surface area contributed by atoms with E-state index in [1.807, 2.05) is 0 Å². The Morgan fingerprint density at radius 2 is 2.15 bits per heavy atom. The van der Waals surface area contributed by atoms with Crippen LogP contribution in [0.3, 0.4) is 0 Å². The molecule has 2 rings (SSSR count). The number of carbonyl (C=O) groups is 1. The van der Waals surface area contributed by atoms with Crippen molar-refractivity contribution in [2.24, 2.45) is 5.92 Å². The van der Waals surface area contributed by atoms with E-state index >= 15 is 0 Å². The third kappa shape index (κ3) is 6.25. The molecular formula is C18H28BrN3O4S. The number of sulfonamides is 1. The maximum Gasteiger partial charge on any atom is 0.252 e. The van der Waals surface area contributed by atoms with Crippen LogP contribution in [0.15, 0.2) is 27.6 Å². The summed E-state index contributed by atoms with van der Waals surface area (Å²) >= 11 is 3.34. The van der Waals surface area contributed by atoms with Crippen molar-refractivity contribution in [3.63, 3.8) is 0 Å². The van der Waals surface area contributed by atoms with E-state index in [-0.39, 0.29) is 24.0 Å². The lowest BCUT2D eigenvalue weighted by atomic mass is 10.1. The third-order valence-electron chi connectivity index (χ3n) is 4.69. The number of methoxy groups -OCH3 is 1. The van der Waals surface area contributed by atoms with Gasteiger partial charge in [0.2, 0.25) is 10.0 Å². The minimum Gasteiger partial charge on any atom is -0.383 e. The number of nitrogens with one attached hydrogen (secondary N) is 2. The van der Waals surface area contributed by atoms with Gasteiger partial charge in [0.05, 0.1) is 17.1 Å². The molecule has 1 amide bonds. The summed E-state index contributed by atoms with van der Waals surface area (Å²) in [5, 5.41) is 2.94. The molecule has 0 bridgehead atoms. The zero-order valence-corrected chi connectivity index (χ0v) is 18.4. The first-order valence-electron chi connectivity index (χ1n) is 9.05. The highest BCUT2D eigenvalue weighted by Gasteiger charge is 2.25. The van der Waals surface area contributed by atoms with Crippen LogP contribution in [0.4, 0.5) is 0 Å². The van der Waals surface area contributed by atoms with Gasteiger partial charge in [-0.3, -0.25) is 4.79 Å². The molecule has 0 aliphatic carbocycles. The zero-order valence-electron chi connectivity index (χ0n) is 16.0. The van der Waals surface area contributed by atoms with Gasteiger partial charge >= 0.3 is 0 Å². The Kier molecular flexibility index (Phi) is 8.23. The Morgan fingerprint density at radius 1 is 1.41 bits per heavy atom. The predicted molar refractivity (Wildman–Crippen MR) is 108 cm³/mol. The molecule has 1 heterocycles. The van der Waals surface area contributed by atoms with Crippen molar-refractivity contribution in [1.29, 1.82) is 0 Å². The molecule has 1 atom stereocenters. The molecule has 1 aliphatic heterocycles. The zero-order chi connectivity index (χ0) is 20.0. The van der Waals surface area contributed by atoms with Gasteiger partial charge in [-0.2, -0.15) is 0 Å². The fourth-order valence-corrected chi connectivity index (χ4v) is 4.50. The van der Waals surface area contributed by atoms with Gasteiger partial charge in [-0.05, 0) is 66.9 Å². The molecule has 0 spiro atoms. The molecule has 1 aliphatic rings. The normalized spacial score (nSPS) is 18.2. The second-order valence-electron chi connectivity index (χ2n) is 6.99. The maximum atomic E-state index is 12.6. The lowest BCUT2D eigenvalue weighted by Gasteiger charge is -2.20. The van der Waals surface area contributed by atoms with Crippen LogP contribution >= 0.6 is 15.9 Å². The summed E-state index contributed by atoms with van der Waals surface area (Å²) in [6.45, 7) is 7.38. The van der Waals surface area contributed by atoms with Crippen molar-refractivity contribution >= 4 is 31.9 Å². The van der Waals surface area contributed by atoms with E-state index in [0.717, 1.165) is 19.5 Å². The fraction of sp³-hybridized carbons (Fsp3) is 0.611. The molecule has 1 fully saturated rings. The highest BCUT2D eigenvalue weighted by atomic mass is 79.9. The Morgan fingerprint density at radius 3 is 2.78 bits per heavy atom. The number of hydrogen-bond acceptors (Lipinski definition) is 5. The van der Waals surface area contributed by atoms with Crippen molar-refractivity contribution in [3.05, 3.63) is 28.2 Å². The van der Waals surface area contributed by atoms with Crippen molar-refractivity contribution < 1.29 is 17.9 Å². The summed E-state index contributed by atoms with van der Waals surface area (Å²) in [5.41, 5.74) is 0.309. The lowest BCUT2D eigenvalue weighted by Crippen LogP contribution is -2.33. The summed E-state index contributed by atoms with van der Waals surface area (Å²) in [5.74, 6) is 0.136. The summed E-state index contributed by atoms with van der Waals surface area (Å²) in [6.07, 6.45) is 1.05. The van der Waals surface area contributed by atoms with Crippen molar-refractivity contribution in [1.82, 2.24) is 14.9 Å². The number of nitrogens with zero attached hydrogens (tertiary/aromatic N) is 1. The third-order valence-corrected chi connectivity index (χ3v) is 6.84. The summed E-state index contributed by atoms with van der Waals surface area (Å²) < 4.78 is 32.5. The van der Waals surface area contributed by atoms with Crippen LogP contribution in [0.1, 0.15) is 30.6 Å². The van der Waals surface area contributed by atoms with Gasteiger partial charge in [0.25, 0.3) is 5.91 Å². The average molecular weight is 462 g/mol. The van der Waals surface area contributed by atoms with E-state index in [4.69, 9.17) is 4.74 Å². The lowest BCUT2D eigenvalue weighted by molar-refractivity contribution is 0.0946. The number of carbonyl (C=O) groups excluding carboxylic acids is 1. The van der Waals surface area contributed by atoms with Crippen molar-refractivity contribution in [3.8, 4) is 0 Å². The molecule has 27 heavy (non-hydrogen) atoms. The Bertz CT molecular complexity index is 755. The van der Waals surface area contributed by atoms with Gasteiger partial charge in [-0.15, -0.1) is 0 Å². The van der Waals surface area contributed by atoms with Crippen LogP contribution < -0.4 is 10.0 Å². The van der Waals surface area contributed by atoms with Gasteiger partial charge in [-0.25, -0.2) is 13.1 Å². The van der Waals surface area contributed by atoms with Gasteiger partial charge in [0, 0.05) is 37.3 Å². The summed E-state index contributed by atoms with van der Waals surface area (Å²) in [6, 6.07) is 4.94. The number of benzene rings is 1. The van der Waals surface area contributed by atoms with E-state index in [1.165, 1.54) is 19.2 Å². The van der Waals surface area contributed by atoms with E-state index in [2.05, 4.69) is 44.7 Å². The van der Waals surface area contributed by atoms with Crippen LogP contribution in [-0.4, -0.2) is 65.2 Å². The molecule has 7 nitrogen and oxygen atoms in total. The SMILES string of the molecule is COCCNS(=O)(=O)c1ccc(Br)c(C(=O)NCC2CCN(C(C)C)C2)c1. The predicted octanol–water partition coefficient (Wildman–Crippen LogP) is 1.83. The molecule has 0 aromatic heterocycles. The van der Waals surface area contributed by atoms with E-state index in [0.29, 0.717) is 28.5 Å². The van der Waals surface area contributed by atoms with Crippen molar-refractivity contribution in [2.45, 2.75) is 31.2 Å².